The summed E-state index contributed by atoms with van der Waals surface area (Å²) in [6.45, 7) is 0. The molecule has 0 bridgehead atoms. The summed E-state index contributed by atoms with van der Waals surface area (Å²) >= 11 is 3.94. The van der Waals surface area contributed by atoms with Gasteiger partial charge in [0.05, 0.1) is 10.6 Å². The maximum atomic E-state index is 11.9. The number of Topliss-reactive ketones (excluding diaryl/α,β-unsaturated/α-hetero) is 1. The van der Waals surface area contributed by atoms with Gasteiger partial charge in [0.25, 0.3) is 0 Å². The van der Waals surface area contributed by atoms with Gasteiger partial charge in [-0.15, -0.1) is 23.1 Å². The molecule has 0 fully saturated rings. The van der Waals surface area contributed by atoms with Gasteiger partial charge in [-0.25, -0.2) is 9.97 Å². The summed E-state index contributed by atoms with van der Waals surface area (Å²) in [4.78, 5) is 20.7. The van der Waals surface area contributed by atoms with Crippen molar-refractivity contribution >= 4 is 46.6 Å². The fourth-order valence-corrected chi connectivity index (χ4v) is 3.65. The van der Waals surface area contributed by atoms with E-state index in [4.69, 9.17) is 5.73 Å². The van der Waals surface area contributed by atoms with E-state index in [1.54, 1.807) is 6.07 Å². The zero-order valence-corrected chi connectivity index (χ0v) is 12.9. The van der Waals surface area contributed by atoms with Crippen molar-refractivity contribution in [3.8, 4) is 6.07 Å². The van der Waals surface area contributed by atoms with Crippen molar-refractivity contribution in [2.75, 3.05) is 17.7 Å². The predicted octanol–water partition coefficient (Wildman–Crippen LogP) is 2.69. The van der Waals surface area contributed by atoms with Gasteiger partial charge in [0.2, 0.25) is 5.95 Å². The lowest BCUT2D eigenvalue weighted by atomic mass is 10.4. The number of ketones is 1. The lowest BCUT2D eigenvalue weighted by molar-refractivity contribution is 0.102. The van der Waals surface area contributed by atoms with E-state index < -0.39 is 0 Å². The number of aromatic nitrogens is 2. The van der Waals surface area contributed by atoms with Crippen LogP contribution in [0.2, 0.25) is 0 Å². The summed E-state index contributed by atoms with van der Waals surface area (Å²) in [6, 6.07) is 5.68. The second-order valence-electron chi connectivity index (χ2n) is 3.57. The molecule has 0 aromatic carbocycles. The van der Waals surface area contributed by atoms with Gasteiger partial charge >= 0.3 is 0 Å². The van der Waals surface area contributed by atoms with Crippen LogP contribution >= 0.6 is 34.9 Å². The summed E-state index contributed by atoms with van der Waals surface area (Å²) < 4.78 is 0. The lowest BCUT2D eigenvalue weighted by Gasteiger charge is -2.06. The Bertz CT molecular complexity index is 664. The van der Waals surface area contributed by atoms with E-state index >= 15 is 0 Å². The Morgan fingerprint density at radius 3 is 2.85 bits per heavy atom. The minimum absolute atomic E-state index is 0.0109. The van der Waals surface area contributed by atoms with E-state index in [2.05, 4.69) is 16.0 Å². The first-order valence-electron chi connectivity index (χ1n) is 5.46. The van der Waals surface area contributed by atoms with E-state index in [0.29, 0.717) is 20.5 Å². The van der Waals surface area contributed by atoms with Gasteiger partial charge in [0.1, 0.15) is 21.7 Å². The van der Waals surface area contributed by atoms with Crippen LogP contribution < -0.4 is 5.73 Å². The normalized spacial score (nSPS) is 10.2. The molecule has 2 N–H and O–H groups in total. The van der Waals surface area contributed by atoms with Crippen LogP contribution in [0.4, 0.5) is 5.95 Å². The quantitative estimate of drug-likeness (QED) is 0.514. The minimum atomic E-state index is 0.0109. The molecule has 2 aromatic rings. The summed E-state index contributed by atoms with van der Waals surface area (Å²) in [6.07, 6.45) is 1.81. The van der Waals surface area contributed by atoms with Crippen LogP contribution in [0.1, 0.15) is 15.2 Å². The molecule has 0 saturated heterocycles. The Labute approximate surface area is 128 Å². The fraction of sp³-hybridized carbons (Fsp3) is 0.167. The summed E-state index contributed by atoms with van der Waals surface area (Å²) in [5, 5.41) is 12.0. The Balaban J connectivity index is 2.19. The monoisotopic (exact) mass is 322 g/mol. The molecule has 2 rings (SSSR count). The maximum absolute atomic E-state index is 11.9. The first-order valence-corrected chi connectivity index (χ1v) is 8.55. The van der Waals surface area contributed by atoms with Crippen LogP contribution in [0.5, 0.6) is 0 Å². The van der Waals surface area contributed by atoms with E-state index in [1.807, 2.05) is 17.7 Å². The molecule has 0 radical (unpaired) electrons. The molecule has 2 aromatic heterocycles. The number of rotatable bonds is 5. The average molecular weight is 322 g/mol. The number of nitriles is 1. The van der Waals surface area contributed by atoms with Gasteiger partial charge in [-0.2, -0.15) is 5.26 Å². The van der Waals surface area contributed by atoms with Crippen molar-refractivity contribution in [3.63, 3.8) is 0 Å². The molecular formula is C12H10N4OS3. The zero-order chi connectivity index (χ0) is 14.5. The van der Waals surface area contributed by atoms with Gasteiger partial charge in [-0.1, -0.05) is 17.8 Å². The van der Waals surface area contributed by atoms with Gasteiger partial charge in [-0.3, -0.25) is 4.79 Å². The highest BCUT2D eigenvalue weighted by Gasteiger charge is 2.15. The van der Waals surface area contributed by atoms with E-state index in [-0.39, 0.29) is 17.5 Å². The molecule has 102 valence electrons. The number of anilines is 1. The van der Waals surface area contributed by atoms with Crippen molar-refractivity contribution in [2.24, 2.45) is 0 Å². The largest absolute Gasteiger partial charge is 0.368 e. The number of nitrogens with two attached hydrogens (primary N) is 1. The van der Waals surface area contributed by atoms with Crippen LogP contribution in [0.25, 0.3) is 0 Å². The van der Waals surface area contributed by atoms with Crippen LogP contribution in [0, 0.1) is 11.3 Å². The maximum Gasteiger partial charge on any atom is 0.222 e. The summed E-state index contributed by atoms with van der Waals surface area (Å²) in [5.74, 6) is 0.343. The molecule has 0 aliphatic rings. The molecule has 20 heavy (non-hydrogen) atoms. The topological polar surface area (TPSA) is 92.7 Å². The third kappa shape index (κ3) is 3.30. The van der Waals surface area contributed by atoms with Gasteiger partial charge in [0.15, 0.2) is 5.78 Å². The standard InChI is InChI=1S/C12H10N4OS3/c1-18-10-7(5-13)11(16-12(14)15-10)20-6-8(17)9-3-2-4-19-9/h2-4H,6H2,1H3,(H2,14,15,16). The highest BCUT2D eigenvalue weighted by Crippen LogP contribution is 2.28. The molecule has 0 saturated carbocycles. The molecule has 2 heterocycles. The van der Waals surface area contributed by atoms with Crippen molar-refractivity contribution in [1.29, 1.82) is 5.26 Å². The van der Waals surface area contributed by atoms with Gasteiger partial charge in [0, 0.05) is 0 Å². The molecule has 0 aliphatic carbocycles. The number of hydrogen-bond donors (Lipinski definition) is 1. The molecule has 0 amide bonds. The Hall–Kier alpha value is -1.56. The van der Waals surface area contributed by atoms with Crippen LogP contribution in [0.3, 0.4) is 0 Å². The summed E-state index contributed by atoms with van der Waals surface area (Å²) in [7, 11) is 0. The SMILES string of the molecule is CSc1nc(N)nc(SCC(=O)c2cccs2)c1C#N. The molecule has 0 unspecified atom stereocenters. The van der Waals surface area contributed by atoms with Crippen molar-refractivity contribution in [2.45, 2.75) is 10.1 Å². The van der Waals surface area contributed by atoms with Crippen LogP contribution in [0.15, 0.2) is 27.6 Å². The number of carbonyl (C=O) groups is 1. The predicted molar refractivity (Wildman–Crippen MR) is 82.3 cm³/mol. The van der Waals surface area contributed by atoms with E-state index in [9.17, 15) is 10.1 Å². The smallest absolute Gasteiger partial charge is 0.222 e. The minimum Gasteiger partial charge on any atom is -0.368 e. The molecule has 5 nitrogen and oxygen atoms in total. The third-order valence-electron chi connectivity index (χ3n) is 2.30. The fourth-order valence-electron chi connectivity index (χ4n) is 1.43. The Morgan fingerprint density at radius 1 is 1.50 bits per heavy atom. The lowest BCUT2D eigenvalue weighted by Crippen LogP contribution is -2.04. The molecular weight excluding hydrogens is 312 g/mol. The zero-order valence-electron chi connectivity index (χ0n) is 10.5. The second-order valence-corrected chi connectivity index (χ2v) is 6.28. The van der Waals surface area contributed by atoms with Crippen molar-refractivity contribution in [1.82, 2.24) is 9.97 Å². The average Bonchev–Trinajstić information content (AvgIpc) is 2.98. The van der Waals surface area contributed by atoms with Crippen molar-refractivity contribution < 1.29 is 4.79 Å². The first kappa shape index (κ1) is 14.8. The number of nitrogens with zero attached hydrogens (tertiary/aromatic N) is 3. The van der Waals surface area contributed by atoms with E-state index in [1.165, 1.54) is 34.9 Å². The van der Waals surface area contributed by atoms with Crippen LogP contribution in [-0.2, 0) is 0 Å². The Morgan fingerprint density at radius 2 is 2.25 bits per heavy atom. The second kappa shape index (κ2) is 6.74. The van der Waals surface area contributed by atoms with Gasteiger partial charge < -0.3 is 5.73 Å². The number of thioether (sulfide) groups is 2. The number of hydrogen-bond acceptors (Lipinski definition) is 8. The molecule has 0 atom stereocenters. The first-order chi connectivity index (χ1) is 9.65. The number of nitrogen functional groups attached to an aromatic ring is 1. The van der Waals surface area contributed by atoms with Crippen molar-refractivity contribution in [3.05, 3.63) is 28.0 Å². The van der Waals surface area contributed by atoms with Gasteiger partial charge in [-0.05, 0) is 17.7 Å². The highest BCUT2D eigenvalue weighted by atomic mass is 32.2. The highest BCUT2D eigenvalue weighted by molar-refractivity contribution is 8.00. The molecule has 0 spiro atoms. The third-order valence-corrected chi connectivity index (χ3v) is 4.87. The molecule has 8 heteroatoms. The summed E-state index contributed by atoms with van der Waals surface area (Å²) in [5.41, 5.74) is 5.99. The molecule has 0 aliphatic heterocycles. The number of thiophene rings is 1. The van der Waals surface area contributed by atoms with E-state index in [0.717, 1.165) is 0 Å². The van der Waals surface area contributed by atoms with Crippen LogP contribution in [-0.4, -0.2) is 27.8 Å². The number of carbonyl (C=O) groups excluding carboxylic acids is 1. The Kier molecular flexibility index (Phi) is 5.00.